The van der Waals surface area contributed by atoms with E-state index in [0.717, 1.165) is 12.0 Å². The van der Waals surface area contributed by atoms with Gasteiger partial charge in [-0.05, 0) is 26.2 Å². The largest absolute Gasteiger partial charge is 0.388 e. The summed E-state index contributed by atoms with van der Waals surface area (Å²) < 4.78 is 7.13. The van der Waals surface area contributed by atoms with E-state index in [-0.39, 0.29) is 5.56 Å². The van der Waals surface area contributed by atoms with Crippen molar-refractivity contribution in [3.63, 3.8) is 0 Å². The quantitative estimate of drug-likeness (QED) is 0.637. The van der Waals surface area contributed by atoms with E-state index in [9.17, 15) is 19.8 Å². The predicted octanol–water partition coefficient (Wildman–Crippen LogP) is 1.02. The van der Waals surface area contributed by atoms with Gasteiger partial charge in [-0.25, -0.2) is 4.79 Å². The minimum absolute atomic E-state index is 0.135. The zero-order chi connectivity index (χ0) is 18.6. The molecular weight excluding hydrogens is 324 g/mol. The Kier molecular flexibility index (Phi) is 6.52. The minimum Gasteiger partial charge on any atom is -0.388 e. The normalized spacial score (nSPS) is 26.8. The molecule has 1 saturated heterocycles. The summed E-state index contributed by atoms with van der Waals surface area (Å²) in [7, 11) is 0. The lowest BCUT2D eigenvalue weighted by Gasteiger charge is -2.16. The number of aryl methyl sites for hydroxylation is 1. The summed E-state index contributed by atoms with van der Waals surface area (Å²) in [5, 5.41) is 20.6. The van der Waals surface area contributed by atoms with Crippen molar-refractivity contribution in [3.8, 4) is 0 Å². The Labute approximate surface area is 146 Å². The molecule has 0 bridgehead atoms. The fourth-order valence-electron chi connectivity index (χ4n) is 3.02. The summed E-state index contributed by atoms with van der Waals surface area (Å²) in [5.74, 6) is 0. The van der Waals surface area contributed by atoms with Gasteiger partial charge in [0, 0.05) is 12.7 Å². The lowest BCUT2D eigenvalue weighted by Crippen LogP contribution is -2.35. The molecule has 0 radical (unpaired) electrons. The number of aromatic amines is 1. The SMILES string of the molecule is C=CCCn1cc([C@@H]2O[C@H](C/C(=C/C)CC)[C@@H](O)[C@H]2O)c(=O)[nH]c1=O. The highest BCUT2D eigenvalue weighted by Gasteiger charge is 2.44. The van der Waals surface area contributed by atoms with Gasteiger partial charge in [0.15, 0.2) is 0 Å². The van der Waals surface area contributed by atoms with Crippen LogP contribution in [0.4, 0.5) is 0 Å². The molecule has 0 unspecified atom stereocenters. The number of rotatable bonds is 7. The highest BCUT2D eigenvalue weighted by molar-refractivity contribution is 5.15. The van der Waals surface area contributed by atoms with E-state index in [0.29, 0.717) is 19.4 Å². The highest BCUT2D eigenvalue weighted by Crippen LogP contribution is 2.34. The molecule has 3 N–H and O–H groups in total. The molecule has 0 spiro atoms. The predicted molar refractivity (Wildman–Crippen MR) is 94.4 cm³/mol. The van der Waals surface area contributed by atoms with Gasteiger partial charge in [0.2, 0.25) is 0 Å². The van der Waals surface area contributed by atoms with Crippen LogP contribution in [-0.4, -0.2) is 38.1 Å². The van der Waals surface area contributed by atoms with Crippen LogP contribution >= 0.6 is 0 Å². The van der Waals surface area contributed by atoms with Crippen molar-refractivity contribution in [1.82, 2.24) is 9.55 Å². The third-order valence-corrected chi connectivity index (χ3v) is 4.61. The number of nitrogens with zero attached hydrogens (tertiary/aromatic N) is 1. The Bertz CT molecular complexity index is 749. The van der Waals surface area contributed by atoms with Crippen LogP contribution < -0.4 is 11.2 Å². The molecule has 1 aliphatic heterocycles. The van der Waals surface area contributed by atoms with E-state index >= 15 is 0 Å². The number of allylic oxidation sites excluding steroid dienone is 2. The van der Waals surface area contributed by atoms with Crippen LogP contribution in [0.5, 0.6) is 0 Å². The molecule has 0 aliphatic carbocycles. The van der Waals surface area contributed by atoms with Gasteiger partial charge >= 0.3 is 5.69 Å². The molecule has 25 heavy (non-hydrogen) atoms. The van der Waals surface area contributed by atoms with Crippen LogP contribution in [0.1, 0.15) is 44.8 Å². The maximum absolute atomic E-state index is 12.2. The van der Waals surface area contributed by atoms with Crippen molar-refractivity contribution in [3.05, 3.63) is 56.9 Å². The van der Waals surface area contributed by atoms with Gasteiger partial charge in [-0.15, -0.1) is 6.58 Å². The molecule has 2 heterocycles. The Morgan fingerprint density at radius 2 is 2.12 bits per heavy atom. The van der Waals surface area contributed by atoms with Crippen molar-refractivity contribution < 1.29 is 14.9 Å². The number of nitrogens with one attached hydrogen (secondary N) is 1. The Morgan fingerprint density at radius 1 is 1.40 bits per heavy atom. The van der Waals surface area contributed by atoms with Gasteiger partial charge in [0.25, 0.3) is 5.56 Å². The van der Waals surface area contributed by atoms with Crippen molar-refractivity contribution in [2.75, 3.05) is 0 Å². The molecule has 0 amide bonds. The van der Waals surface area contributed by atoms with Gasteiger partial charge in [0.05, 0.1) is 11.7 Å². The van der Waals surface area contributed by atoms with E-state index < -0.39 is 35.7 Å². The molecule has 2 rings (SSSR count). The molecule has 4 atom stereocenters. The summed E-state index contributed by atoms with van der Waals surface area (Å²) in [6.07, 6.45) is 2.97. The Morgan fingerprint density at radius 3 is 2.72 bits per heavy atom. The van der Waals surface area contributed by atoms with Crippen molar-refractivity contribution in [2.45, 2.75) is 64.1 Å². The summed E-state index contributed by atoms with van der Waals surface area (Å²) in [4.78, 5) is 26.3. The highest BCUT2D eigenvalue weighted by atomic mass is 16.5. The number of ether oxygens (including phenoxy) is 1. The summed E-state index contributed by atoms with van der Waals surface area (Å²) >= 11 is 0. The molecule has 0 aromatic carbocycles. The van der Waals surface area contributed by atoms with E-state index in [1.165, 1.54) is 10.8 Å². The number of aromatic nitrogens is 2. The van der Waals surface area contributed by atoms with Gasteiger partial charge < -0.3 is 14.9 Å². The summed E-state index contributed by atoms with van der Waals surface area (Å²) in [5.41, 5.74) is 0.0962. The standard InChI is InChI=1S/C18H26N2O5/c1-4-7-8-20-10-12(17(23)19-18(20)24)16-15(22)14(21)13(25-16)9-11(5-2)6-3/h4-5,10,13-16,21-22H,1,6-9H2,2-3H3,(H,19,23,24)/b11-5+/t13-,14-,15-,16+/m1/s1. The summed E-state index contributed by atoms with van der Waals surface area (Å²) in [6, 6.07) is 0. The first kappa shape index (κ1) is 19.4. The molecule has 1 aromatic heterocycles. The van der Waals surface area contributed by atoms with Crippen LogP contribution in [0.2, 0.25) is 0 Å². The van der Waals surface area contributed by atoms with Gasteiger partial charge in [0.1, 0.15) is 18.3 Å². The van der Waals surface area contributed by atoms with Gasteiger partial charge in [-0.2, -0.15) is 0 Å². The molecular formula is C18H26N2O5. The summed E-state index contributed by atoms with van der Waals surface area (Å²) in [6.45, 7) is 7.88. The third-order valence-electron chi connectivity index (χ3n) is 4.61. The molecule has 7 nitrogen and oxygen atoms in total. The zero-order valence-electron chi connectivity index (χ0n) is 14.6. The fraction of sp³-hybridized carbons (Fsp3) is 0.556. The number of aliphatic hydroxyl groups excluding tert-OH is 2. The maximum Gasteiger partial charge on any atom is 0.328 e. The average molecular weight is 350 g/mol. The smallest absolute Gasteiger partial charge is 0.328 e. The van der Waals surface area contributed by atoms with Gasteiger partial charge in [-0.3, -0.25) is 14.3 Å². The Hall–Kier alpha value is -1.96. The second-order valence-corrected chi connectivity index (χ2v) is 6.20. The Balaban J connectivity index is 2.30. The van der Waals surface area contributed by atoms with E-state index in [1.807, 2.05) is 19.9 Å². The van der Waals surface area contributed by atoms with E-state index in [2.05, 4.69) is 11.6 Å². The van der Waals surface area contributed by atoms with Crippen LogP contribution in [0.3, 0.4) is 0 Å². The topological polar surface area (TPSA) is 105 Å². The lowest BCUT2D eigenvalue weighted by atomic mass is 9.98. The molecule has 0 saturated carbocycles. The van der Waals surface area contributed by atoms with Crippen molar-refractivity contribution in [1.29, 1.82) is 0 Å². The number of H-pyrrole nitrogens is 1. The molecule has 7 heteroatoms. The third kappa shape index (κ3) is 4.18. The molecule has 1 aliphatic rings. The van der Waals surface area contributed by atoms with Crippen LogP contribution in [-0.2, 0) is 11.3 Å². The van der Waals surface area contributed by atoms with Gasteiger partial charge in [-0.1, -0.05) is 24.6 Å². The first-order chi connectivity index (χ1) is 11.9. The second-order valence-electron chi connectivity index (χ2n) is 6.20. The van der Waals surface area contributed by atoms with Crippen LogP contribution in [0.25, 0.3) is 0 Å². The maximum atomic E-state index is 12.2. The lowest BCUT2D eigenvalue weighted by molar-refractivity contribution is 0.00617. The molecule has 1 fully saturated rings. The second kappa shape index (κ2) is 8.42. The molecule has 1 aromatic rings. The van der Waals surface area contributed by atoms with E-state index in [4.69, 9.17) is 4.74 Å². The monoisotopic (exact) mass is 350 g/mol. The fourth-order valence-corrected chi connectivity index (χ4v) is 3.02. The first-order valence-corrected chi connectivity index (χ1v) is 8.53. The average Bonchev–Trinajstić information content (AvgIpc) is 2.87. The zero-order valence-corrected chi connectivity index (χ0v) is 14.6. The van der Waals surface area contributed by atoms with Crippen LogP contribution in [0.15, 0.2) is 40.1 Å². The number of aliphatic hydroxyl groups is 2. The number of hydrogen-bond donors (Lipinski definition) is 3. The van der Waals surface area contributed by atoms with Crippen molar-refractivity contribution >= 4 is 0 Å². The minimum atomic E-state index is -1.23. The van der Waals surface area contributed by atoms with Crippen molar-refractivity contribution in [2.24, 2.45) is 0 Å². The first-order valence-electron chi connectivity index (χ1n) is 8.53. The number of hydrogen-bond acceptors (Lipinski definition) is 5. The van der Waals surface area contributed by atoms with Crippen LogP contribution in [0, 0.1) is 0 Å². The molecule has 138 valence electrons. The van der Waals surface area contributed by atoms with E-state index in [1.54, 1.807) is 6.08 Å².